The molecule has 25 heavy (non-hydrogen) atoms. The first-order valence-corrected chi connectivity index (χ1v) is 13.5. The number of hydrogen-bond donors (Lipinski definition) is 1. The Morgan fingerprint density at radius 3 is 2.20 bits per heavy atom. The Balaban J connectivity index is 2.57. The van der Waals surface area contributed by atoms with Gasteiger partial charge in [0.1, 0.15) is 5.60 Å². The summed E-state index contributed by atoms with van der Waals surface area (Å²) in [7, 11) is -5.73. The monoisotopic (exact) mass is 382 g/mol. The Kier molecular flexibility index (Phi) is 4.77. The second kappa shape index (κ2) is 6.34. The highest BCUT2D eigenvalue weighted by Crippen LogP contribution is 2.43. The van der Waals surface area contributed by atoms with Crippen LogP contribution in [0, 0.1) is 12.3 Å². The summed E-state index contributed by atoms with van der Waals surface area (Å²) < 4.78 is 36.2. The van der Waals surface area contributed by atoms with Crippen LogP contribution in [0.4, 0.5) is 0 Å². The molecule has 0 aromatic heterocycles. The van der Waals surface area contributed by atoms with Crippen molar-refractivity contribution >= 4 is 18.1 Å². The van der Waals surface area contributed by atoms with E-state index in [1.807, 2.05) is 47.3 Å². The Hall–Kier alpha value is -0.953. The largest absolute Gasteiger partial charge is 0.384 e. The van der Waals surface area contributed by atoms with E-state index in [1.54, 1.807) is 24.3 Å². The van der Waals surface area contributed by atoms with Crippen molar-refractivity contribution < 1.29 is 14.9 Å². The zero-order valence-corrected chi connectivity index (χ0v) is 18.2. The van der Waals surface area contributed by atoms with E-state index < -0.39 is 29.1 Å². The normalized spacial score (nSPS) is 25.8. The van der Waals surface area contributed by atoms with Crippen LogP contribution in [0.3, 0.4) is 0 Å². The molecule has 1 aromatic rings. The molecule has 2 rings (SSSR count). The SMILES string of the molecule is [2H]/C(=C1/CN(S(=O)(=O)c2ccc(C)cc2)CC1(O)C(C)(C)C)[Si](C)(C)C. The minimum absolute atomic E-state index is 0.0189. The second-order valence-corrected chi connectivity index (χ2v) is 15.7. The molecule has 6 heteroatoms. The number of nitrogens with zero attached hydrogens (tertiary/aromatic N) is 1. The summed E-state index contributed by atoms with van der Waals surface area (Å²) in [5.41, 5.74) is 0.0641. The van der Waals surface area contributed by atoms with Gasteiger partial charge in [-0.1, -0.05) is 63.8 Å². The third kappa shape index (κ3) is 4.08. The fraction of sp³-hybridized carbons (Fsp3) is 0.579. The first-order valence-electron chi connectivity index (χ1n) is 9.10. The van der Waals surface area contributed by atoms with Crippen LogP contribution in [0.2, 0.25) is 19.6 Å². The van der Waals surface area contributed by atoms with Crippen LogP contribution in [0.15, 0.2) is 40.4 Å². The molecule has 0 aliphatic carbocycles. The predicted octanol–water partition coefficient (Wildman–Crippen LogP) is 3.58. The van der Waals surface area contributed by atoms with Gasteiger partial charge in [0.15, 0.2) is 0 Å². The van der Waals surface area contributed by atoms with Gasteiger partial charge in [-0.25, -0.2) is 8.42 Å². The molecule has 4 nitrogen and oxygen atoms in total. The lowest BCUT2D eigenvalue weighted by Gasteiger charge is -2.38. The van der Waals surface area contributed by atoms with Gasteiger partial charge in [-0.05, 0) is 30.0 Å². The molecular formula is C19H31NO3SSi. The number of aryl methyl sites for hydroxylation is 1. The van der Waals surface area contributed by atoms with Crippen LogP contribution in [-0.4, -0.2) is 44.6 Å². The molecule has 1 aromatic carbocycles. The van der Waals surface area contributed by atoms with Crippen LogP contribution < -0.4 is 0 Å². The molecule has 0 bridgehead atoms. The van der Waals surface area contributed by atoms with Gasteiger partial charge in [-0.2, -0.15) is 4.31 Å². The fourth-order valence-corrected chi connectivity index (χ4v) is 5.65. The highest BCUT2D eigenvalue weighted by atomic mass is 32.2. The Labute approximate surface area is 155 Å². The van der Waals surface area contributed by atoms with Crippen LogP contribution in [0.5, 0.6) is 0 Å². The van der Waals surface area contributed by atoms with E-state index in [0.717, 1.165) is 5.56 Å². The maximum absolute atomic E-state index is 13.1. The van der Waals surface area contributed by atoms with E-state index in [4.69, 9.17) is 1.37 Å². The summed E-state index contributed by atoms with van der Waals surface area (Å²) in [5.74, 6) is 0. The van der Waals surface area contributed by atoms with Crippen LogP contribution in [-0.2, 0) is 10.0 Å². The van der Waals surface area contributed by atoms with E-state index in [2.05, 4.69) is 0 Å². The number of aliphatic hydroxyl groups is 1. The molecule has 1 atom stereocenters. The van der Waals surface area contributed by atoms with Crippen molar-refractivity contribution in [2.45, 2.75) is 57.8 Å². The number of sulfonamides is 1. The van der Waals surface area contributed by atoms with E-state index in [0.29, 0.717) is 11.2 Å². The third-order valence-electron chi connectivity index (χ3n) is 4.66. The van der Waals surface area contributed by atoms with Crippen molar-refractivity contribution in [1.82, 2.24) is 4.31 Å². The Bertz CT molecular complexity index is 820. The number of benzene rings is 1. The lowest BCUT2D eigenvalue weighted by Crippen LogP contribution is -2.47. The molecule has 0 saturated carbocycles. The average molecular weight is 383 g/mol. The molecule has 1 fully saturated rings. The van der Waals surface area contributed by atoms with Crippen LogP contribution >= 0.6 is 0 Å². The molecule has 140 valence electrons. The van der Waals surface area contributed by atoms with Crippen molar-refractivity contribution in [2.75, 3.05) is 13.1 Å². The van der Waals surface area contributed by atoms with E-state index in [-0.39, 0.29) is 18.0 Å². The van der Waals surface area contributed by atoms with Crippen molar-refractivity contribution in [1.29, 1.82) is 0 Å². The van der Waals surface area contributed by atoms with Gasteiger partial charge in [0, 0.05) is 13.1 Å². The molecule has 1 aliphatic rings. The van der Waals surface area contributed by atoms with Crippen LogP contribution in [0.25, 0.3) is 0 Å². The topological polar surface area (TPSA) is 57.6 Å². The lowest BCUT2D eigenvalue weighted by atomic mass is 9.74. The molecule has 1 N–H and O–H groups in total. The molecule has 0 spiro atoms. The summed E-state index contributed by atoms with van der Waals surface area (Å²) in [6.45, 7) is 13.8. The molecule has 1 aliphatic heterocycles. The molecule has 0 amide bonds. The second-order valence-electron chi connectivity index (χ2n) is 9.05. The van der Waals surface area contributed by atoms with Gasteiger partial charge < -0.3 is 5.11 Å². The number of hydrogen-bond acceptors (Lipinski definition) is 3. The summed E-state index contributed by atoms with van der Waals surface area (Å²) in [6.07, 6.45) is 0. The van der Waals surface area contributed by atoms with E-state index in [9.17, 15) is 13.5 Å². The minimum Gasteiger partial charge on any atom is -0.384 e. The average Bonchev–Trinajstić information content (AvgIpc) is 2.85. The zero-order valence-electron chi connectivity index (χ0n) is 17.3. The van der Waals surface area contributed by atoms with Crippen molar-refractivity contribution in [2.24, 2.45) is 5.41 Å². The van der Waals surface area contributed by atoms with Gasteiger partial charge in [-0.3, -0.25) is 0 Å². The number of rotatable bonds is 3. The van der Waals surface area contributed by atoms with E-state index in [1.165, 1.54) is 4.31 Å². The van der Waals surface area contributed by atoms with Gasteiger partial charge in [0.25, 0.3) is 0 Å². The Morgan fingerprint density at radius 2 is 1.76 bits per heavy atom. The molecule has 1 heterocycles. The van der Waals surface area contributed by atoms with E-state index >= 15 is 0 Å². The fourth-order valence-electron chi connectivity index (χ4n) is 3.03. The molecule has 0 radical (unpaired) electrons. The summed E-state index contributed by atoms with van der Waals surface area (Å²) in [4.78, 5) is 0.222. The predicted molar refractivity (Wildman–Crippen MR) is 106 cm³/mol. The number of β-amino-alcohol motifs (C(OH)–C–C–N with tert-alkyl or cyclic N) is 1. The third-order valence-corrected chi connectivity index (χ3v) is 7.52. The molecular weight excluding hydrogens is 350 g/mol. The minimum atomic E-state index is -3.73. The highest BCUT2D eigenvalue weighted by molar-refractivity contribution is 7.89. The van der Waals surface area contributed by atoms with Gasteiger partial charge in [-0.15, -0.1) is 0 Å². The quantitative estimate of drug-likeness (QED) is 0.813. The zero-order chi connectivity index (χ0) is 20.1. The first-order chi connectivity index (χ1) is 11.6. The van der Waals surface area contributed by atoms with Crippen molar-refractivity contribution in [3.05, 3.63) is 41.1 Å². The van der Waals surface area contributed by atoms with Crippen molar-refractivity contribution in [3.63, 3.8) is 0 Å². The summed E-state index contributed by atoms with van der Waals surface area (Å²) in [6, 6.07) is 6.74. The van der Waals surface area contributed by atoms with Crippen molar-refractivity contribution in [3.8, 4) is 0 Å². The smallest absolute Gasteiger partial charge is 0.243 e. The molecule has 1 saturated heterocycles. The Morgan fingerprint density at radius 1 is 1.24 bits per heavy atom. The van der Waals surface area contributed by atoms with Gasteiger partial charge in [0.2, 0.25) is 10.0 Å². The van der Waals surface area contributed by atoms with Gasteiger partial charge >= 0.3 is 0 Å². The maximum Gasteiger partial charge on any atom is 0.243 e. The summed E-state index contributed by atoms with van der Waals surface area (Å²) >= 11 is 0. The molecule has 1 unspecified atom stereocenters. The highest BCUT2D eigenvalue weighted by Gasteiger charge is 2.52. The maximum atomic E-state index is 13.1. The first kappa shape index (κ1) is 18.8. The van der Waals surface area contributed by atoms with Crippen LogP contribution in [0.1, 0.15) is 27.7 Å². The van der Waals surface area contributed by atoms with Gasteiger partial charge in [0.05, 0.1) is 14.3 Å². The lowest BCUT2D eigenvalue weighted by molar-refractivity contribution is -0.0137. The summed E-state index contributed by atoms with van der Waals surface area (Å²) in [5, 5.41) is 11.5. The standard InChI is InChI=1S/C19H31NO3SSi/c1-15-8-10-17(11-9-15)24(22,23)20-12-16(13-25(5,6)7)19(21,14-20)18(2,3)4/h8-11,13,21H,12,14H2,1-7H3/b16-13+/i13D.